The molecule has 0 radical (unpaired) electrons. The second-order valence-corrected chi connectivity index (χ2v) is 6.59. The summed E-state index contributed by atoms with van der Waals surface area (Å²) in [5.74, 6) is 6.65. The van der Waals surface area contributed by atoms with Crippen molar-refractivity contribution in [2.75, 3.05) is 46.3 Å². The Bertz CT molecular complexity index is 309. The van der Waals surface area contributed by atoms with E-state index < -0.39 is 0 Å². The summed E-state index contributed by atoms with van der Waals surface area (Å²) in [7, 11) is 2.19. The van der Waals surface area contributed by atoms with Gasteiger partial charge < -0.3 is 15.5 Å². The standard InChI is InChI=1S/C15H31N5O/c1-19-8-3-13(4-9-19)2-7-17-12-15(21)18-14-5-10-20(16)11-6-14/h13-14,17H,2-12,16H2,1H3,(H,18,21). The molecular formula is C15H31N5O. The number of carbonyl (C=O) groups excluding carboxylic acids is 1. The van der Waals surface area contributed by atoms with Crippen LogP contribution in [0.4, 0.5) is 0 Å². The first kappa shape index (κ1) is 16.7. The smallest absolute Gasteiger partial charge is 0.234 e. The van der Waals surface area contributed by atoms with E-state index in [1.165, 1.54) is 32.4 Å². The molecule has 0 atom stereocenters. The molecule has 2 aliphatic heterocycles. The van der Waals surface area contributed by atoms with Crippen LogP contribution in [0, 0.1) is 5.92 Å². The van der Waals surface area contributed by atoms with Gasteiger partial charge in [-0.1, -0.05) is 0 Å². The number of hydrogen-bond donors (Lipinski definition) is 3. The summed E-state index contributed by atoms with van der Waals surface area (Å²) in [4.78, 5) is 14.3. The lowest BCUT2D eigenvalue weighted by Crippen LogP contribution is -2.48. The van der Waals surface area contributed by atoms with Gasteiger partial charge in [0.15, 0.2) is 0 Å². The van der Waals surface area contributed by atoms with Crippen molar-refractivity contribution >= 4 is 5.91 Å². The van der Waals surface area contributed by atoms with E-state index >= 15 is 0 Å². The summed E-state index contributed by atoms with van der Waals surface area (Å²) < 4.78 is 0. The molecule has 0 aliphatic carbocycles. The van der Waals surface area contributed by atoms with Crippen molar-refractivity contribution < 1.29 is 4.79 Å². The van der Waals surface area contributed by atoms with Crippen LogP contribution in [0.25, 0.3) is 0 Å². The molecule has 0 aromatic carbocycles. The van der Waals surface area contributed by atoms with E-state index in [1.54, 1.807) is 0 Å². The lowest BCUT2D eigenvalue weighted by Gasteiger charge is -2.29. The summed E-state index contributed by atoms with van der Waals surface area (Å²) in [5, 5.41) is 8.20. The molecule has 6 nitrogen and oxygen atoms in total. The van der Waals surface area contributed by atoms with Gasteiger partial charge >= 0.3 is 0 Å². The highest BCUT2D eigenvalue weighted by molar-refractivity contribution is 5.78. The Labute approximate surface area is 128 Å². The monoisotopic (exact) mass is 297 g/mol. The molecule has 0 aromatic heterocycles. The molecule has 2 saturated heterocycles. The van der Waals surface area contributed by atoms with Gasteiger partial charge in [0.2, 0.25) is 5.91 Å². The Hall–Kier alpha value is -0.690. The van der Waals surface area contributed by atoms with Gasteiger partial charge in [0, 0.05) is 19.1 Å². The SMILES string of the molecule is CN1CCC(CCNCC(=O)NC2CCN(N)CC2)CC1. The van der Waals surface area contributed by atoms with E-state index in [0.717, 1.165) is 38.4 Å². The van der Waals surface area contributed by atoms with Crippen LogP contribution in [0.2, 0.25) is 0 Å². The molecule has 122 valence electrons. The number of nitrogens with zero attached hydrogens (tertiary/aromatic N) is 2. The number of hydrogen-bond acceptors (Lipinski definition) is 5. The summed E-state index contributed by atoms with van der Waals surface area (Å²) in [6, 6.07) is 0.299. The molecule has 0 bridgehead atoms. The number of likely N-dealkylation sites (tertiary alicyclic amines) is 1. The first-order valence-corrected chi connectivity index (χ1v) is 8.32. The Morgan fingerprint density at radius 3 is 2.48 bits per heavy atom. The second-order valence-electron chi connectivity index (χ2n) is 6.59. The normalized spacial score (nSPS) is 23.3. The summed E-state index contributed by atoms with van der Waals surface area (Å²) in [6.07, 6.45) is 5.69. The largest absolute Gasteiger partial charge is 0.352 e. The highest BCUT2D eigenvalue weighted by Crippen LogP contribution is 2.18. The molecule has 2 fully saturated rings. The minimum atomic E-state index is 0.119. The van der Waals surface area contributed by atoms with Crippen LogP contribution in [-0.2, 0) is 4.79 Å². The van der Waals surface area contributed by atoms with Gasteiger partial charge in [-0.2, -0.15) is 0 Å². The van der Waals surface area contributed by atoms with Gasteiger partial charge in [-0.3, -0.25) is 10.6 Å². The van der Waals surface area contributed by atoms with Crippen molar-refractivity contribution in [2.24, 2.45) is 11.8 Å². The zero-order chi connectivity index (χ0) is 15.1. The maximum Gasteiger partial charge on any atom is 0.234 e. The molecule has 2 heterocycles. The van der Waals surface area contributed by atoms with Crippen LogP contribution in [0.1, 0.15) is 32.1 Å². The van der Waals surface area contributed by atoms with Crippen molar-refractivity contribution in [3.8, 4) is 0 Å². The predicted octanol–water partition coefficient (Wildman–Crippen LogP) is -0.238. The predicted molar refractivity (Wildman–Crippen MR) is 84.6 cm³/mol. The number of carbonyl (C=O) groups is 1. The van der Waals surface area contributed by atoms with Crippen LogP contribution >= 0.6 is 0 Å². The lowest BCUT2D eigenvalue weighted by atomic mass is 9.94. The minimum absolute atomic E-state index is 0.119. The summed E-state index contributed by atoms with van der Waals surface area (Å²) in [5.41, 5.74) is 0. The Morgan fingerprint density at radius 2 is 1.81 bits per heavy atom. The number of amides is 1. The van der Waals surface area contributed by atoms with E-state index in [2.05, 4.69) is 22.6 Å². The van der Waals surface area contributed by atoms with Crippen molar-refractivity contribution in [1.82, 2.24) is 20.5 Å². The van der Waals surface area contributed by atoms with E-state index in [4.69, 9.17) is 5.84 Å². The number of nitrogens with two attached hydrogens (primary N) is 1. The van der Waals surface area contributed by atoms with Gasteiger partial charge in [0.25, 0.3) is 0 Å². The maximum absolute atomic E-state index is 11.9. The lowest BCUT2D eigenvalue weighted by molar-refractivity contribution is -0.121. The minimum Gasteiger partial charge on any atom is -0.352 e. The topological polar surface area (TPSA) is 73.6 Å². The molecule has 2 rings (SSSR count). The zero-order valence-electron chi connectivity index (χ0n) is 13.3. The van der Waals surface area contributed by atoms with Crippen LogP contribution in [0.5, 0.6) is 0 Å². The molecule has 0 spiro atoms. The molecular weight excluding hydrogens is 266 g/mol. The molecule has 0 unspecified atom stereocenters. The van der Waals surface area contributed by atoms with Gasteiger partial charge in [0.05, 0.1) is 6.54 Å². The van der Waals surface area contributed by atoms with Crippen LogP contribution < -0.4 is 16.5 Å². The Balaban J connectivity index is 1.49. The maximum atomic E-state index is 11.9. The van der Waals surface area contributed by atoms with E-state index in [9.17, 15) is 4.79 Å². The Morgan fingerprint density at radius 1 is 1.14 bits per heavy atom. The zero-order valence-corrected chi connectivity index (χ0v) is 13.3. The fourth-order valence-electron chi connectivity index (χ4n) is 3.18. The van der Waals surface area contributed by atoms with Crippen molar-refractivity contribution in [3.63, 3.8) is 0 Å². The van der Waals surface area contributed by atoms with Crippen LogP contribution in [0.15, 0.2) is 0 Å². The van der Waals surface area contributed by atoms with Crippen molar-refractivity contribution in [1.29, 1.82) is 0 Å². The fraction of sp³-hybridized carbons (Fsp3) is 0.933. The molecule has 4 N–H and O–H groups in total. The number of hydrazine groups is 1. The molecule has 1 amide bonds. The average Bonchev–Trinajstić information content (AvgIpc) is 2.48. The number of nitrogens with one attached hydrogen (secondary N) is 2. The summed E-state index contributed by atoms with van der Waals surface area (Å²) >= 11 is 0. The quantitative estimate of drug-likeness (QED) is 0.466. The Kier molecular flexibility index (Phi) is 6.89. The number of rotatable bonds is 6. The van der Waals surface area contributed by atoms with Crippen LogP contribution in [-0.4, -0.2) is 68.2 Å². The molecule has 21 heavy (non-hydrogen) atoms. The van der Waals surface area contributed by atoms with Crippen molar-refractivity contribution in [3.05, 3.63) is 0 Å². The first-order chi connectivity index (χ1) is 10.1. The van der Waals surface area contributed by atoms with Crippen LogP contribution in [0.3, 0.4) is 0 Å². The van der Waals surface area contributed by atoms with Gasteiger partial charge in [0.1, 0.15) is 0 Å². The fourth-order valence-corrected chi connectivity index (χ4v) is 3.18. The van der Waals surface area contributed by atoms with Crippen molar-refractivity contribution in [2.45, 2.75) is 38.1 Å². The number of piperidine rings is 2. The van der Waals surface area contributed by atoms with E-state index in [0.29, 0.717) is 12.6 Å². The van der Waals surface area contributed by atoms with E-state index in [1.807, 2.05) is 5.01 Å². The van der Waals surface area contributed by atoms with E-state index in [-0.39, 0.29) is 5.91 Å². The average molecular weight is 297 g/mol. The third-order valence-corrected chi connectivity index (χ3v) is 4.75. The molecule has 0 aromatic rings. The highest BCUT2D eigenvalue weighted by Gasteiger charge is 2.19. The molecule has 2 aliphatic rings. The third kappa shape index (κ3) is 6.30. The van der Waals surface area contributed by atoms with Gasteiger partial charge in [-0.15, -0.1) is 0 Å². The van der Waals surface area contributed by atoms with Gasteiger partial charge in [-0.05, 0) is 64.7 Å². The molecule has 0 saturated carbocycles. The third-order valence-electron chi connectivity index (χ3n) is 4.75. The first-order valence-electron chi connectivity index (χ1n) is 8.32. The highest BCUT2D eigenvalue weighted by atomic mass is 16.1. The van der Waals surface area contributed by atoms with Gasteiger partial charge in [-0.25, -0.2) is 5.01 Å². The molecule has 6 heteroatoms. The summed E-state index contributed by atoms with van der Waals surface area (Å²) in [6.45, 7) is 5.55. The second kappa shape index (κ2) is 8.68.